The molecule has 0 aromatic heterocycles. The molecule has 0 bridgehead atoms. The molecule has 0 radical (unpaired) electrons. The van der Waals surface area contributed by atoms with Crippen molar-refractivity contribution in [2.24, 2.45) is 10.4 Å². The summed E-state index contributed by atoms with van der Waals surface area (Å²) in [6.07, 6.45) is 3.32. The van der Waals surface area contributed by atoms with Crippen LogP contribution in [0.15, 0.2) is 41.2 Å². The van der Waals surface area contributed by atoms with Gasteiger partial charge in [0.05, 0.1) is 23.3 Å². The normalized spacial score (nSPS) is 18.3. The summed E-state index contributed by atoms with van der Waals surface area (Å²) in [5.74, 6) is 0.827. The number of piperidine rings is 1. The van der Waals surface area contributed by atoms with Crippen molar-refractivity contribution in [3.8, 4) is 0 Å². The predicted molar refractivity (Wildman–Crippen MR) is 140 cm³/mol. The number of likely N-dealkylation sites (tertiary alicyclic amines) is 1. The van der Waals surface area contributed by atoms with Gasteiger partial charge in [0.2, 0.25) is 0 Å². The topological polar surface area (TPSA) is 45.1 Å². The van der Waals surface area contributed by atoms with E-state index in [9.17, 15) is 5.11 Å². The first-order chi connectivity index (χ1) is 15.4. The van der Waals surface area contributed by atoms with Gasteiger partial charge in [-0.05, 0) is 55.7 Å². The first-order valence-electron chi connectivity index (χ1n) is 11.7. The second kappa shape index (κ2) is 14.0. The highest BCUT2D eigenvalue weighted by Gasteiger charge is 2.38. The van der Waals surface area contributed by atoms with Gasteiger partial charge in [-0.1, -0.05) is 69.6 Å². The number of rotatable bonds is 5. The molecule has 4 nitrogen and oxygen atoms in total. The minimum Gasteiger partial charge on any atom is -0.392 e. The van der Waals surface area contributed by atoms with Gasteiger partial charge < -0.3 is 14.7 Å². The maximum atomic E-state index is 9.76. The molecule has 2 saturated heterocycles. The molecular formula is C26H40Cl2N2O2. The number of hydrogen-bond donors (Lipinski definition) is 1. The van der Waals surface area contributed by atoms with Crippen LogP contribution in [0.1, 0.15) is 66.4 Å². The molecule has 1 N–H and O–H groups in total. The highest BCUT2D eigenvalue weighted by molar-refractivity contribution is 6.44. The third-order valence-electron chi connectivity index (χ3n) is 5.91. The lowest BCUT2D eigenvalue weighted by Gasteiger charge is -2.40. The van der Waals surface area contributed by atoms with Crippen molar-refractivity contribution in [2.45, 2.75) is 60.8 Å². The van der Waals surface area contributed by atoms with Crippen molar-refractivity contribution < 1.29 is 9.84 Å². The Bertz CT molecular complexity index is 802. The summed E-state index contributed by atoms with van der Waals surface area (Å²) in [6, 6.07) is 5.50. The lowest BCUT2D eigenvalue weighted by atomic mass is 9.78. The van der Waals surface area contributed by atoms with Crippen molar-refractivity contribution >= 4 is 34.5 Å². The Morgan fingerprint density at radius 2 is 1.75 bits per heavy atom. The molecule has 2 fully saturated rings. The van der Waals surface area contributed by atoms with Gasteiger partial charge in [-0.3, -0.25) is 0 Å². The van der Waals surface area contributed by atoms with E-state index < -0.39 is 0 Å². The fourth-order valence-corrected chi connectivity index (χ4v) is 4.32. The fourth-order valence-electron chi connectivity index (χ4n) is 3.90. The molecule has 6 heteroatoms. The molecule has 1 aromatic rings. The maximum Gasteiger partial charge on any atom is 0.130 e. The number of aliphatic imine (C=N–C) groups is 1. The lowest BCUT2D eigenvalue weighted by molar-refractivity contribution is 0.0934. The quantitative estimate of drug-likeness (QED) is 0.449. The first-order valence-corrected chi connectivity index (χ1v) is 12.4. The first kappa shape index (κ1) is 28.7. The molecule has 2 aliphatic heterocycles. The number of aliphatic hydroxyl groups is 1. The molecule has 32 heavy (non-hydrogen) atoms. The third kappa shape index (κ3) is 7.08. The Hall–Kier alpha value is -1.33. The van der Waals surface area contributed by atoms with Gasteiger partial charge in [0.15, 0.2) is 0 Å². The standard InChI is InChI=1S/C22H28Cl2N2O2.2C2H6/c1-15(13-27)21(26-10-7-22(8-11-26)9-12-28-14-22)25-17(3)16(2)18-5-4-6-19(23)20(18)24;2*1-2/h4-6,27H,2,7-14H2,1,3H3;2*1-2H3/b21-15-,25-17-;;. The van der Waals surface area contributed by atoms with Crippen LogP contribution >= 0.6 is 23.2 Å². The SMILES string of the molecule is C=C(/C(C)=N\C(=C(/C)CO)N1CCC2(CCOC2)CC1)c1cccc(Cl)c1Cl.CC.CC. The molecule has 1 aromatic carbocycles. The van der Waals surface area contributed by atoms with Crippen LogP contribution in [0.25, 0.3) is 5.57 Å². The van der Waals surface area contributed by atoms with Crippen LogP contribution in [0.5, 0.6) is 0 Å². The number of nitrogens with zero attached hydrogens (tertiary/aromatic N) is 2. The number of ether oxygens (including phenoxy) is 1. The van der Waals surface area contributed by atoms with E-state index in [1.807, 2.05) is 53.7 Å². The molecule has 2 heterocycles. The molecule has 3 rings (SSSR count). The Labute approximate surface area is 205 Å². The summed E-state index contributed by atoms with van der Waals surface area (Å²) < 4.78 is 5.64. The maximum absolute atomic E-state index is 9.76. The van der Waals surface area contributed by atoms with E-state index in [2.05, 4.69) is 11.5 Å². The Balaban J connectivity index is 0.00000121. The lowest BCUT2D eigenvalue weighted by Crippen LogP contribution is -2.40. The van der Waals surface area contributed by atoms with Crippen molar-refractivity contribution in [1.82, 2.24) is 4.90 Å². The fraction of sp³-hybridized carbons (Fsp3) is 0.577. The summed E-state index contributed by atoms with van der Waals surface area (Å²) >= 11 is 12.5. The zero-order valence-corrected chi connectivity index (χ0v) is 22.1. The van der Waals surface area contributed by atoms with Crippen LogP contribution in [0, 0.1) is 5.41 Å². The van der Waals surface area contributed by atoms with Crippen molar-refractivity contribution in [3.63, 3.8) is 0 Å². The van der Waals surface area contributed by atoms with Gasteiger partial charge in [-0.25, -0.2) is 4.99 Å². The van der Waals surface area contributed by atoms with Gasteiger partial charge in [0.1, 0.15) is 5.82 Å². The molecule has 0 aliphatic carbocycles. The average molecular weight is 484 g/mol. The van der Waals surface area contributed by atoms with E-state index in [0.29, 0.717) is 15.5 Å². The Morgan fingerprint density at radius 3 is 2.28 bits per heavy atom. The van der Waals surface area contributed by atoms with Gasteiger partial charge in [0.25, 0.3) is 0 Å². The highest BCUT2D eigenvalue weighted by Crippen LogP contribution is 2.40. The van der Waals surface area contributed by atoms with Crippen LogP contribution < -0.4 is 0 Å². The molecule has 2 aliphatic rings. The van der Waals surface area contributed by atoms with Crippen molar-refractivity contribution in [1.29, 1.82) is 0 Å². The van der Waals surface area contributed by atoms with Crippen molar-refractivity contribution in [2.75, 3.05) is 32.9 Å². The minimum atomic E-state index is -0.0265. The van der Waals surface area contributed by atoms with E-state index in [1.54, 1.807) is 6.07 Å². The van der Waals surface area contributed by atoms with Crippen LogP contribution in [0.2, 0.25) is 10.0 Å². The molecule has 1 spiro atoms. The van der Waals surface area contributed by atoms with E-state index in [4.69, 9.17) is 32.9 Å². The van der Waals surface area contributed by atoms with Gasteiger partial charge in [-0.15, -0.1) is 0 Å². The van der Waals surface area contributed by atoms with Crippen LogP contribution in [-0.4, -0.2) is 48.6 Å². The smallest absolute Gasteiger partial charge is 0.130 e. The molecule has 0 saturated carbocycles. The summed E-state index contributed by atoms with van der Waals surface area (Å²) in [4.78, 5) is 7.13. The van der Waals surface area contributed by atoms with Crippen molar-refractivity contribution in [3.05, 3.63) is 51.8 Å². The van der Waals surface area contributed by atoms with Gasteiger partial charge >= 0.3 is 0 Å². The van der Waals surface area contributed by atoms with Crippen LogP contribution in [0.3, 0.4) is 0 Å². The van der Waals surface area contributed by atoms with E-state index >= 15 is 0 Å². The summed E-state index contributed by atoms with van der Waals surface area (Å²) in [6.45, 7) is 19.6. The number of hydrogen-bond acceptors (Lipinski definition) is 4. The number of halogens is 2. The van der Waals surface area contributed by atoms with E-state index in [1.165, 1.54) is 0 Å². The zero-order valence-electron chi connectivity index (χ0n) is 20.6. The largest absolute Gasteiger partial charge is 0.392 e. The van der Waals surface area contributed by atoms with E-state index in [-0.39, 0.29) is 6.61 Å². The zero-order chi connectivity index (χ0) is 24.3. The summed E-state index contributed by atoms with van der Waals surface area (Å²) in [7, 11) is 0. The minimum absolute atomic E-state index is 0.0265. The highest BCUT2D eigenvalue weighted by atomic mass is 35.5. The van der Waals surface area contributed by atoms with Gasteiger partial charge in [0, 0.05) is 31.0 Å². The molecule has 0 atom stereocenters. The number of allylic oxidation sites excluding steroid dienone is 1. The monoisotopic (exact) mass is 482 g/mol. The Morgan fingerprint density at radius 1 is 1.12 bits per heavy atom. The second-order valence-corrected chi connectivity index (χ2v) is 8.61. The third-order valence-corrected chi connectivity index (χ3v) is 6.73. The van der Waals surface area contributed by atoms with E-state index in [0.717, 1.165) is 73.8 Å². The Kier molecular flexibility index (Phi) is 12.6. The van der Waals surface area contributed by atoms with Crippen LogP contribution in [0.4, 0.5) is 0 Å². The summed E-state index contributed by atoms with van der Waals surface area (Å²) in [5, 5.41) is 10.7. The number of aliphatic hydroxyl groups excluding tert-OH is 1. The number of benzene rings is 1. The predicted octanol–water partition coefficient (Wildman–Crippen LogP) is 7.25. The van der Waals surface area contributed by atoms with Crippen LogP contribution in [-0.2, 0) is 4.74 Å². The van der Waals surface area contributed by atoms with Gasteiger partial charge in [-0.2, -0.15) is 0 Å². The second-order valence-electron chi connectivity index (χ2n) is 7.83. The summed E-state index contributed by atoms with van der Waals surface area (Å²) in [5.41, 5.74) is 3.44. The molecule has 0 amide bonds. The molecule has 0 unspecified atom stereocenters. The molecular weight excluding hydrogens is 443 g/mol. The molecule has 180 valence electrons. The average Bonchev–Trinajstić information content (AvgIpc) is 3.29.